The van der Waals surface area contributed by atoms with Crippen molar-refractivity contribution in [2.75, 3.05) is 6.61 Å². The Bertz CT molecular complexity index is 463. The minimum absolute atomic E-state index is 0.130. The first-order valence-corrected chi connectivity index (χ1v) is 5.15. The molecule has 0 aliphatic carbocycles. The normalized spacial score (nSPS) is 18.6. The van der Waals surface area contributed by atoms with Crippen LogP contribution in [0.3, 0.4) is 0 Å². The van der Waals surface area contributed by atoms with Crippen LogP contribution in [0, 0.1) is 0 Å². The minimum atomic E-state index is -0.565. The molecule has 0 saturated carbocycles. The Morgan fingerprint density at radius 2 is 2.00 bits per heavy atom. The number of oxime groups is 1. The van der Waals surface area contributed by atoms with Crippen LogP contribution < -0.4 is 0 Å². The number of ketones is 1. The number of hydrogen-bond donors (Lipinski definition) is 0. The maximum atomic E-state index is 11.8. The fraction of sp³-hybridized carbons (Fsp3) is 0.250. The molecule has 2 rings (SSSR count). The first kappa shape index (κ1) is 11.5. The number of Topliss-reactive ketones (excluding diaryl/α,β-unsaturated/α-hetero) is 1. The van der Waals surface area contributed by atoms with Crippen LogP contribution in [0.2, 0.25) is 0 Å². The van der Waals surface area contributed by atoms with E-state index in [1.807, 2.05) is 6.07 Å². The average molecular weight is 233 g/mol. The van der Waals surface area contributed by atoms with Gasteiger partial charge in [0.25, 0.3) is 0 Å². The van der Waals surface area contributed by atoms with Crippen LogP contribution in [0.4, 0.5) is 0 Å². The highest BCUT2D eigenvalue weighted by atomic mass is 16.7. The first-order valence-electron chi connectivity index (χ1n) is 5.15. The lowest BCUT2D eigenvalue weighted by Crippen LogP contribution is -2.14. The summed E-state index contributed by atoms with van der Waals surface area (Å²) in [6.45, 7) is 1.86. The SMILES string of the molecule is C/C(=N\OC(=O)C1CO1)C(=O)c1ccccc1. The van der Waals surface area contributed by atoms with E-state index in [4.69, 9.17) is 4.74 Å². The third-order valence-corrected chi connectivity index (χ3v) is 2.23. The van der Waals surface area contributed by atoms with Gasteiger partial charge in [-0.1, -0.05) is 35.5 Å². The van der Waals surface area contributed by atoms with Crippen molar-refractivity contribution in [3.8, 4) is 0 Å². The van der Waals surface area contributed by atoms with Crippen LogP contribution in [0.25, 0.3) is 0 Å². The Balaban J connectivity index is 1.99. The summed E-state index contributed by atoms with van der Waals surface area (Å²) in [5.41, 5.74) is 0.637. The van der Waals surface area contributed by atoms with Crippen molar-refractivity contribution in [1.29, 1.82) is 0 Å². The second-order valence-electron chi connectivity index (χ2n) is 3.60. The maximum absolute atomic E-state index is 11.8. The van der Waals surface area contributed by atoms with Gasteiger partial charge in [0.15, 0.2) is 6.10 Å². The van der Waals surface area contributed by atoms with E-state index in [2.05, 4.69) is 9.99 Å². The van der Waals surface area contributed by atoms with E-state index in [1.54, 1.807) is 24.3 Å². The summed E-state index contributed by atoms with van der Waals surface area (Å²) in [4.78, 5) is 27.5. The van der Waals surface area contributed by atoms with Crippen molar-refractivity contribution in [3.05, 3.63) is 35.9 Å². The van der Waals surface area contributed by atoms with E-state index in [9.17, 15) is 9.59 Å². The lowest BCUT2D eigenvalue weighted by molar-refractivity contribution is -0.145. The molecule has 17 heavy (non-hydrogen) atoms. The number of carbonyl (C=O) groups is 2. The third-order valence-electron chi connectivity index (χ3n) is 2.23. The van der Waals surface area contributed by atoms with Crippen molar-refractivity contribution in [1.82, 2.24) is 0 Å². The molecule has 1 aromatic rings. The molecule has 0 spiro atoms. The second-order valence-corrected chi connectivity index (χ2v) is 3.60. The van der Waals surface area contributed by atoms with Gasteiger partial charge in [0.2, 0.25) is 5.78 Å². The zero-order chi connectivity index (χ0) is 12.3. The third kappa shape index (κ3) is 2.98. The van der Waals surface area contributed by atoms with Gasteiger partial charge in [-0.15, -0.1) is 0 Å². The zero-order valence-electron chi connectivity index (χ0n) is 9.25. The summed E-state index contributed by atoms with van der Waals surface area (Å²) in [5.74, 6) is -0.833. The number of nitrogens with zero attached hydrogens (tertiary/aromatic N) is 1. The van der Waals surface area contributed by atoms with Gasteiger partial charge < -0.3 is 9.57 Å². The Labute approximate surface area is 98.0 Å². The zero-order valence-corrected chi connectivity index (χ0v) is 9.25. The molecule has 0 bridgehead atoms. The van der Waals surface area contributed by atoms with Crippen molar-refractivity contribution in [2.24, 2.45) is 5.16 Å². The number of ether oxygens (including phenoxy) is 1. The highest BCUT2D eigenvalue weighted by Crippen LogP contribution is 2.10. The van der Waals surface area contributed by atoms with Gasteiger partial charge in [0, 0.05) is 5.56 Å². The fourth-order valence-electron chi connectivity index (χ4n) is 1.20. The summed E-state index contributed by atoms with van der Waals surface area (Å²) in [5, 5.41) is 3.50. The average Bonchev–Trinajstić information content (AvgIpc) is 3.20. The smallest absolute Gasteiger partial charge is 0.361 e. The van der Waals surface area contributed by atoms with Crippen molar-refractivity contribution >= 4 is 17.5 Å². The molecule has 1 saturated heterocycles. The number of epoxide rings is 1. The number of rotatable bonds is 4. The largest absolute Gasteiger partial charge is 0.365 e. The monoisotopic (exact) mass is 233 g/mol. The molecule has 0 amide bonds. The molecule has 1 fully saturated rings. The highest BCUT2D eigenvalue weighted by molar-refractivity contribution is 6.45. The van der Waals surface area contributed by atoms with Gasteiger partial charge >= 0.3 is 5.97 Å². The van der Waals surface area contributed by atoms with E-state index in [1.165, 1.54) is 6.92 Å². The molecule has 0 radical (unpaired) electrons. The molecule has 1 aliphatic rings. The Kier molecular flexibility index (Phi) is 3.30. The first-order chi connectivity index (χ1) is 8.18. The van der Waals surface area contributed by atoms with Crippen LogP contribution >= 0.6 is 0 Å². The van der Waals surface area contributed by atoms with Crippen LogP contribution in [-0.2, 0) is 14.4 Å². The minimum Gasteiger partial charge on any atom is -0.361 e. The Morgan fingerprint density at radius 3 is 2.59 bits per heavy atom. The molecule has 1 aromatic carbocycles. The van der Waals surface area contributed by atoms with Gasteiger partial charge in [0.1, 0.15) is 5.71 Å². The van der Waals surface area contributed by atoms with Crippen LogP contribution in [0.1, 0.15) is 17.3 Å². The summed E-state index contributed by atoms with van der Waals surface area (Å²) in [6, 6.07) is 8.67. The van der Waals surface area contributed by atoms with Crippen molar-refractivity contribution < 1.29 is 19.2 Å². The van der Waals surface area contributed by atoms with Gasteiger partial charge in [-0.2, -0.15) is 0 Å². The molecule has 0 aromatic heterocycles. The van der Waals surface area contributed by atoms with Gasteiger partial charge in [-0.05, 0) is 6.92 Å². The number of benzene rings is 1. The molecule has 88 valence electrons. The standard InChI is InChI=1S/C12H11NO4/c1-8(13-17-12(15)10-7-16-10)11(14)9-5-3-2-4-6-9/h2-6,10H,7H2,1H3/b13-8+. The van der Waals surface area contributed by atoms with E-state index >= 15 is 0 Å². The maximum Gasteiger partial charge on any atom is 0.365 e. The quantitative estimate of drug-likeness (QED) is 0.257. The summed E-state index contributed by atoms with van der Waals surface area (Å²) in [6.07, 6.45) is -0.515. The number of carbonyl (C=O) groups excluding carboxylic acids is 2. The predicted molar refractivity (Wildman–Crippen MR) is 59.7 cm³/mol. The van der Waals surface area contributed by atoms with Gasteiger partial charge in [-0.25, -0.2) is 4.79 Å². The molecule has 0 N–H and O–H groups in total. The molecule has 1 heterocycles. The lowest BCUT2D eigenvalue weighted by Gasteiger charge is -1.99. The van der Waals surface area contributed by atoms with E-state index in [-0.39, 0.29) is 11.5 Å². The molecule has 5 nitrogen and oxygen atoms in total. The van der Waals surface area contributed by atoms with Crippen molar-refractivity contribution in [2.45, 2.75) is 13.0 Å². The van der Waals surface area contributed by atoms with E-state index in [0.717, 1.165) is 0 Å². The lowest BCUT2D eigenvalue weighted by atomic mass is 10.1. The van der Waals surface area contributed by atoms with Crippen LogP contribution in [0.5, 0.6) is 0 Å². The van der Waals surface area contributed by atoms with Crippen molar-refractivity contribution in [3.63, 3.8) is 0 Å². The molecule has 1 aliphatic heterocycles. The van der Waals surface area contributed by atoms with E-state index < -0.39 is 12.1 Å². The Morgan fingerprint density at radius 1 is 1.35 bits per heavy atom. The predicted octanol–water partition coefficient (Wildman–Crippen LogP) is 1.19. The molecular weight excluding hydrogens is 222 g/mol. The molecule has 5 heteroatoms. The topological polar surface area (TPSA) is 68.3 Å². The van der Waals surface area contributed by atoms with Crippen LogP contribution in [-0.4, -0.2) is 30.2 Å². The second kappa shape index (κ2) is 4.88. The molecule has 1 unspecified atom stereocenters. The van der Waals surface area contributed by atoms with Gasteiger partial charge in [-0.3, -0.25) is 4.79 Å². The fourth-order valence-corrected chi connectivity index (χ4v) is 1.20. The summed E-state index contributed by atoms with van der Waals surface area (Å²) < 4.78 is 4.72. The molecule has 1 atom stereocenters. The summed E-state index contributed by atoms with van der Waals surface area (Å²) in [7, 11) is 0. The van der Waals surface area contributed by atoms with Crippen LogP contribution in [0.15, 0.2) is 35.5 Å². The highest BCUT2D eigenvalue weighted by Gasteiger charge is 2.33. The number of hydrogen-bond acceptors (Lipinski definition) is 5. The summed E-state index contributed by atoms with van der Waals surface area (Å²) >= 11 is 0. The Hall–Kier alpha value is -2.01. The van der Waals surface area contributed by atoms with E-state index in [0.29, 0.717) is 12.2 Å². The van der Waals surface area contributed by atoms with Gasteiger partial charge in [0.05, 0.1) is 6.61 Å². The molecular formula is C12H11NO4.